The maximum atomic E-state index is 12.8. The van der Waals surface area contributed by atoms with Crippen molar-refractivity contribution < 1.29 is 9.21 Å². The summed E-state index contributed by atoms with van der Waals surface area (Å²) in [4.78, 5) is 17.8. The molecule has 0 unspecified atom stereocenters. The number of nitrogens with zero attached hydrogens (tertiary/aromatic N) is 4. The Kier molecular flexibility index (Phi) is 8.06. The van der Waals surface area contributed by atoms with Gasteiger partial charge in [-0.25, -0.2) is 0 Å². The summed E-state index contributed by atoms with van der Waals surface area (Å²) in [5.74, 6) is 0.531. The molecule has 5 rings (SSSR count). The summed E-state index contributed by atoms with van der Waals surface area (Å²) in [5, 5.41) is 11.7. The van der Waals surface area contributed by atoms with Gasteiger partial charge in [0.2, 0.25) is 11.8 Å². The zero-order chi connectivity index (χ0) is 24.0. The molecule has 7 nitrogen and oxygen atoms in total. The summed E-state index contributed by atoms with van der Waals surface area (Å²) in [5.41, 5.74) is 2.76. The van der Waals surface area contributed by atoms with E-state index in [0.29, 0.717) is 11.1 Å². The van der Waals surface area contributed by atoms with Crippen molar-refractivity contribution in [2.45, 2.75) is 43.4 Å². The Balaban J connectivity index is 1.16. The molecule has 1 aliphatic heterocycles. The summed E-state index contributed by atoms with van der Waals surface area (Å²) in [7, 11) is 0. The first kappa shape index (κ1) is 24.3. The number of thioether (sulfide) groups is 1. The molecular formula is C26H30BrN5O2S. The van der Waals surface area contributed by atoms with Gasteiger partial charge in [-0.3, -0.25) is 9.69 Å². The molecule has 184 valence electrons. The highest BCUT2D eigenvalue weighted by molar-refractivity contribution is 9.10. The van der Waals surface area contributed by atoms with E-state index in [9.17, 15) is 4.79 Å². The highest BCUT2D eigenvalue weighted by Gasteiger charge is 2.26. The van der Waals surface area contributed by atoms with Crippen molar-refractivity contribution in [3.05, 3.63) is 53.0 Å². The number of aromatic nitrogens is 2. The fourth-order valence-corrected chi connectivity index (χ4v) is 5.97. The average Bonchev–Trinajstić information content (AvgIpc) is 3.38. The fourth-order valence-electron chi connectivity index (χ4n) is 4.95. The Labute approximate surface area is 218 Å². The Morgan fingerprint density at radius 1 is 1.00 bits per heavy atom. The molecular weight excluding hydrogens is 526 g/mol. The number of benzene rings is 2. The highest BCUT2D eigenvalue weighted by Crippen LogP contribution is 2.31. The molecule has 0 radical (unpaired) electrons. The van der Waals surface area contributed by atoms with Crippen LogP contribution in [-0.2, 0) is 4.79 Å². The van der Waals surface area contributed by atoms with Crippen molar-refractivity contribution in [3.8, 4) is 11.5 Å². The lowest BCUT2D eigenvalue weighted by atomic mass is 9.94. The first-order valence-corrected chi connectivity index (χ1v) is 14.0. The summed E-state index contributed by atoms with van der Waals surface area (Å²) in [6.45, 7) is 4.13. The first-order chi connectivity index (χ1) is 17.2. The Morgan fingerprint density at radius 3 is 2.54 bits per heavy atom. The van der Waals surface area contributed by atoms with Crippen LogP contribution in [-0.4, -0.2) is 59.0 Å². The number of nitrogens with one attached hydrogen (secondary N) is 1. The molecule has 2 fully saturated rings. The standard InChI is InChI=1S/C26H30BrN5O2S/c27-21-11-5-4-10-20(21)25-29-30-26(34-25)35-18-24(33)28-22-12-6-7-13-23(22)32-16-14-31(15-17-32)19-8-2-1-3-9-19/h4-7,10-13,19H,1-3,8-9,14-18H2,(H,28,33). The van der Waals surface area contributed by atoms with Gasteiger partial charge in [-0.1, -0.05) is 55.3 Å². The van der Waals surface area contributed by atoms with Crippen LogP contribution in [0.4, 0.5) is 11.4 Å². The van der Waals surface area contributed by atoms with Gasteiger partial charge in [-0.15, -0.1) is 10.2 Å². The summed E-state index contributed by atoms with van der Waals surface area (Å²) in [6.07, 6.45) is 6.81. The topological polar surface area (TPSA) is 74.5 Å². The molecule has 2 aliphatic rings. The molecule has 2 heterocycles. The van der Waals surface area contributed by atoms with Crippen molar-refractivity contribution in [1.82, 2.24) is 15.1 Å². The van der Waals surface area contributed by atoms with E-state index in [2.05, 4.69) is 47.3 Å². The minimum atomic E-state index is -0.0936. The Bertz CT molecular complexity index is 1140. The molecule has 35 heavy (non-hydrogen) atoms. The number of hydrogen-bond donors (Lipinski definition) is 1. The quantitative estimate of drug-likeness (QED) is 0.375. The van der Waals surface area contributed by atoms with Gasteiger partial charge in [-0.2, -0.15) is 0 Å². The van der Waals surface area contributed by atoms with Gasteiger partial charge >= 0.3 is 0 Å². The van der Waals surface area contributed by atoms with E-state index in [0.717, 1.165) is 53.6 Å². The van der Waals surface area contributed by atoms with Crippen molar-refractivity contribution in [1.29, 1.82) is 0 Å². The van der Waals surface area contributed by atoms with E-state index in [1.54, 1.807) is 0 Å². The molecule has 1 amide bonds. The Morgan fingerprint density at radius 2 is 1.74 bits per heavy atom. The lowest BCUT2D eigenvalue weighted by Crippen LogP contribution is -2.51. The first-order valence-electron chi connectivity index (χ1n) is 12.3. The van der Waals surface area contributed by atoms with Crippen molar-refractivity contribution in [2.75, 3.05) is 42.1 Å². The molecule has 0 spiro atoms. The van der Waals surface area contributed by atoms with Crippen LogP contribution in [0, 0.1) is 0 Å². The second kappa shape index (κ2) is 11.6. The van der Waals surface area contributed by atoms with Crippen LogP contribution in [0.25, 0.3) is 11.5 Å². The normalized spacial score (nSPS) is 17.5. The van der Waals surface area contributed by atoms with Gasteiger partial charge in [0.05, 0.1) is 22.7 Å². The number of para-hydroxylation sites is 2. The minimum absolute atomic E-state index is 0.0936. The number of halogens is 1. The van der Waals surface area contributed by atoms with Crippen molar-refractivity contribution >= 4 is 45.0 Å². The predicted molar refractivity (Wildman–Crippen MR) is 144 cm³/mol. The van der Waals surface area contributed by atoms with E-state index in [1.165, 1.54) is 43.9 Å². The van der Waals surface area contributed by atoms with Gasteiger partial charge in [0.1, 0.15) is 0 Å². The van der Waals surface area contributed by atoms with Crippen LogP contribution >= 0.6 is 27.7 Å². The lowest BCUT2D eigenvalue weighted by molar-refractivity contribution is -0.113. The van der Waals surface area contributed by atoms with E-state index in [-0.39, 0.29) is 11.7 Å². The van der Waals surface area contributed by atoms with Crippen LogP contribution in [0.5, 0.6) is 0 Å². The Hall–Kier alpha value is -2.36. The van der Waals surface area contributed by atoms with Crippen LogP contribution in [0.1, 0.15) is 32.1 Å². The average molecular weight is 557 g/mol. The number of carbonyl (C=O) groups excluding carboxylic acids is 1. The molecule has 1 aromatic heterocycles. The monoisotopic (exact) mass is 555 g/mol. The van der Waals surface area contributed by atoms with Gasteiger partial charge in [0.25, 0.3) is 5.22 Å². The van der Waals surface area contributed by atoms with Crippen LogP contribution in [0.15, 0.2) is 62.6 Å². The van der Waals surface area contributed by atoms with Crippen molar-refractivity contribution in [2.24, 2.45) is 0 Å². The van der Waals surface area contributed by atoms with Crippen LogP contribution in [0.3, 0.4) is 0 Å². The number of hydrogen-bond acceptors (Lipinski definition) is 7. The van der Waals surface area contributed by atoms with Crippen LogP contribution < -0.4 is 10.2 Å². The molecule has 1 N–H and O–H groups in total. The number of amides is 1. The molecule has 3 aromatic rings. The van der Waals surface area contributed by atoms with E-state index in [1.807, 2.05) is 42.5 Å². The third-order valence-electron chi connectivity index (χ3n) is 6.76. The molecule has 1 aliphatic carbocycles. The fraction of sp³-hybridized carbons (Fsp3) is 0.423. The van der Waals surface area contributed by atoms with Gasteiger partial charge in [-0.05, 0) is 53.0 Å². The minimum Gasteiger partial charge on any atom is -0.411 e. The highest BCUT2D eigenvalue weighted by atomic mass is 79.9. The smallest absolute Gasteiger partial charge is 0.277 e. The molecule has 0 atom stereocenters. The maximum absolute atomic E-state index is 12.8. The van der Waals surface area contributed by atoms with Crippen molar-refractivity contribution in [3.63, 3.8) is 0 Å². The summed E-state index contributed by atoms with van der Waals surface area (Å²) in [6, 6.07) is 16.5. The number of rotatable bonds is 7. The number of anilines is 2. The van der Waals surface area contributed by atoms with Gasteiger partial charge in [0.15, 0.2) is 0 Å². The largest absolute Gasteiger partial charge is 0.411 e. The zero-order valence-electron chi connectivity index (χ0n) is 19.7. The molecule has 1 saturated carbocycles. The number of piperazine rings is 1. The third kappa shape index (κ3) is 6.08. The summed E-state index contributed by atoms with van der Waals surface area (Å²) >= 11 is 4.74. The van der Waals surface area contributed by atoms with E-state index in [4.69, 9.17) is 4.42 Å². The zero-order valence-corrected chi connectivity index (χ0v) is 22.1. The SMILES string of the molecule is O=C(CSc1nnc(-c2ccccc2Br)o1)Nc1ccccc1N1CCN(C2CCCCC2)CC1. The number of carbonyl (C=O) groups is 1. The summed E-state index contributed by atoms with van der Waals surface area (Å²) < 4.78 is 6.63. The molecule has 2 aromatic carbocycles. The van der Waals surface area contributed by atoms with Gasteiger partial charge < -0.3 is 14.6 Å². The van der Waals surface area contributed by atoms with E-state index >= 15 is 0 Å². The van der Waals surface area contributed by atoms with Gasteiger partial charge in [0, 0.05) is 36.7 Å². The third-order valence-corrected chi connectivity index (χ3v) is 8.27. The van der Waals surface area contributed by atoms with Crippen LogP contribution in [0.2, 0.25) is 0 Å². The second-order valence-electron chi connectivity index (χ2n) is 9.02. The predicted octanol–water partition coefficient (Wildman–Crippen LogP) is 5.68. The molecule has 0 bridgehead atoms. The molecule has 1 saturated heterocycles. The maximum Gasteiger partial charge on any atom is 0.277 e. The van der Waals surface area contributed by atoms with E-state index < -0.39 is 0 Å². The molecule has 9 heteroatoms. The lowest BCUT2D eigenvalue weighted by Gasteiger charge is -2.42. The second-order valence-corrected chi connectivity index (χ2v) is 10.8.